The molecule has 3 N–H and O–H groups in total. The zero-order valence-corrected chi connectivity index (χ0v) is 20.1. The van der Waals surface area contributed by atoms with Crippen molar-refractivity contribution in [3.05, 3.63) is 48.4 Å². The molecule has 0 spiro atoms. The number of hydrogen-bond acceptors (Lipinski definition) is 3. The molecular weight excluding hydrogens is 489 g/mol. The fraction of sp³-hybridized carbons (Fsp3) is 0.455. The average molecular weight is 521 g/mol. The topological polar surface area (TPSA) is 73.3 Å². The van der Waals surface area contributed by atoms with Crippen molar-refractivity contribution in [1.29, 1.82) is 0 Å². The number of halogens is 1. The lowest BCUT2D eigenvalue weighted by Crippen LogP contribution is -2.51. The number of aromatic nitrogens is 3. The maximum atomic E-state index is 4.42. The molecule has 3 heterocycles. The number of nitrogens with zero attached hydrogens (tertiary/aromatic N) is 4. The minimum Gasteiger partial charge on any atom is -0.367 e. The van der Waals surface area contributed by atoms with Crippen molar-refractivity contribution in [1.82, 2.24) is 25.4 Å². The minimum absolute atomic E-state index is 0. The average Bonchev–Trinajstić information content (AvgIpc) is 3.37. The van der Waals surface area contributed by atoms with Gasteiger partial charge in [-0.1, -0.05) is 18.2 Å². The highest BCUT2D eigenvalue weighted by atomic mass is 127. The first-order valence-electron chi connectivity index (χ1n) is 10.5. The summed E-state index contributed by atoms with van der Waals surface area (Å²) in [5, 5.41) is 12.7. The second kappa shape index (κ2) is 10.7. The summed E-state index contributed by atoms with van der Waals surface area (Å²) >= 11 is 0. The molecule has 8 heteroatoms. The summed E-state index contributed by atoms with van der Waals surface area (Å²) in [5.41, 5.74) is 3.79. The number of para-hydroxylation sites is 1. The summed E-state index contributed by atoms with van der Waals surface area (Å²) in [6, 6.07) is 8.88. The van der Waals surface area contributed by atoms with Gasteiger partial charge < -0.3 is 20.5 Å². The highest BCUT2D eigenvalue weighted by Gasteiger charge is 2.21. The summed E-state index contributed by atoms with van der Waals surface area (Å²) in [6.45, 7) is 2.96. The predicted molar refractivity (Wildman–Crippen MR) is 135 cm³/mol. The largest absolute Gasteiger partial charge is 0.367 e. The van der Waals surface area contributed by atoms with E-state index in [1.807, 2.05) is 25.0 Å². The van der Waals surface area contributed by atoms with Gasteiger partial charge in [0.2, 0.25) is 0 Å². The number of aromatic amines is 1. The number of rotatable bonds is 6. The van der Waals surface area contributed by atoms with E-state index < -0.39 is 0 Å². The van der Waals surface area contributed by atoms with Crippen LogP contribution in [-0.4, -0.2) is 53.4 Å². The lowest BCUT2D eigenvalue weighted by molar-refractivity contribution is 0.468. The van der Waals surface area contributed by atoms with Crippen LogP contribution in [0.5, 0.6) is 0 Å². The molecule has 3 aromatic rings. The number of aryl methyl sites for hydroxylation is 2. The minimum atomic E-state index is 0. The normalized spacial score (nSPS) is 17.1. The summed E-state index contributed by atoms with van der Waals surface area (Å²) in [7, 11) is 3.81. The molecule has 1 atom stereocenters. The predicted octanol–water partition coefficient (Wildman–Crippen LogP) is 3.29. The van der Waals surface area contributed by atoms with E-state index in [-0.39, 0.29) is 24.0 Å². The third-order valence-corrected chi connectivity index (χ3v) is 5.63. The lowest BCUT2D eigenvalue weighted by Gasteiger charge is -2.34. The maximum absolute atomic E-state index is 4.42. The molecule has 162 valence electrons. The van der Waals surface area contributed by atoms with Crippen molar-refractivity contribution in [2.24, 2.45) is 12.0 Å². The molecule has 1 unspecified atom stereocenters. The first kappa shape index (κ1) is 22.5. The molecule has 2 aromatic heterocycles. The standard InChI is InChI=1S/C22H31N7.HI/c1-23-22(24-11-5-7-17-13-25-21-10-4-3-9-20(17)21)27-18-8-6-12-29(15-18)19-14-26-28(2)16-19;/h3-4,9-10,13-14,16,18,25H,5-8,11-12,15H2,1-2H3,(H2,23,24,27);1H. The molecule has 4 rings (SSSR count). The van der Waals surface area contributed by atoms with Crippen molar-refractivity contribution in [3.8, 4) is 0 Å². The number of nitrogens with one attached hydrogen (secondary N) is 3. The monoisotopic (exact) mass is 521 g/mol. The summed E-state index contributed by atoms with van der Waals surface area (Å²) < 4.78 is 1.86. The zero-order chi connectivity index (χ0) is 20.1. The van der Waals surface area contributed by atoms with Crippen molar-refractivity contribution in [3.63, 3.8) is 0 Å². The van der Waals surface area contributed by atoms with E-state index in [1.54, 1.807) is 0 Å². The smallest absolute Gasteiger partial charge is 0.191 e. The molecule has 1 fully saturated rings. The van der Waals surface area contributed by atoms with Crippen LogP contribution in [0.25, 0.3) is 10.9 Å². The van der Waals surface area contributed by atoms with E-state index in [1.165, 1.54) is 28.6 Å². The van der Waals surface area contributed by atoms with E-state index >= 15 is 0 Å². The van der Waals surface area contributed by atoms with Crippen molar-refractivity contribution in [2.45, 2.75) is 31.7 Å². The number of fused-ring (bicyclic) bond motifs is 1. The Bertz CT molecular complexity index is 961. The molecule has 0 aliphatic carbocycles. The van der Waals surface area contributed by atoms with Crippen LogP contribution in [0.2, 0.25) is 0 Å². The van der Waals surface area contributed by atoms with E-state index in [9.17, 15) is 0 Å². The SMILES string of the molecule is CN=C(NCCCc1c[nH]c2ccccc12)NC1CCCN(c2cnn(C)c2)C1.I. The van der Waals surface area contributed by atoms with Gasteiger partial charge in [-0.2, -0.15) is 5.10 Å². The van der Waals surface area contributed by atoms with E-state index in [2.05, 4.69) is 67.3 Å². The van der Waals surface area contributed by atoms with Gasteiger partial charge >= 0.3 is 0 Å². The summed E-state index contributed by atoms with van der Waals surface area (Å²) in [5.74, 6) is 0.891. The van der Waals surface area contributed by atoms with Gasteiger partial charge in [-0.15, -0.1) is 24.0 Å². The van der Waals surface area contributed by atoms with Crippen molar-refractivity contribution < 1.29 is 0 Å². The number of aliphatic imine (C=N–C) groups is 1. The Hall–Kier alpha value is -2.23. The Morgan fingerprint density at radius 2 is 2.20 bits per heavy atom. The molecule has 1 aliphatic heterocycles. The number of H-pyrrole nitrogens is 1. The highest BCUT2D eigenvalue weighted by molar-refractivity contribution is 14.0. The molecule has 7 nitrogen and oxygen atoms in total. The molecule has 1 saturated heterocycles. The van der Waals surface area contributed by atoms with Crippen LogP contribution < -0.4 is 15.5 Å². The Balaban J connectivity index is 0.00000256. The number of guanidine groups is 1. The van der Waals surface area contributed by atoms with Gasteiger partial charge in [0, 0.05) is 63.1 Å². The number of benzene rings is 1. The first-order valence-corrected chi connectivity index (χ1v) is 10.5. The molecule has 30 heavy (non-hydrogen) atoms. The van der Waals surface area contributed by atoms with E-state index in [0.717, 1.165) is 44.9 Å². The number of anilines is 1. The summed E-state index contributed by atoms with van der Waals surface area (Å²) in [4.78, 5) is 10.2. The molecular formula is C22H32IN7. The fourth-order valence-electron chi connectivity index (χ4n) is 4.11. The third kappa shape index (κ3) is 5.47. The van der Waals surface area contributed by atoms with Crippen molar-refractivity contribution >= 4 is 46.5 Å². The Labute approximate surface area is 195 Å². The molecule has 0 radical (unpaired) electrons. The molecule has 1 aliphatic rings. The van der Waals surface area contributed by atoms with Crippen LogP contribution in [0.3, 0.4) is 0 Å². The van der Waals surface area contributed by atoms with Crippen LogP contribution in [0.15, 0.2) is 47.8 Å². The quantitative estimate of drug-likeness (QED) is 0.202. The second-order valence-electron chi connectivity index (χ2n) is 7.76. The van der Waals surface area contributed by atoms with Gasteiger partial charge in [-0.05, 0) is 37.3 Å². The fourth-order valence-corrected chi connectivity index (χ4v) is 4.11. The Morgan fingerprint density at radius 3 is 3.00 bits per heavy atom. The lowest BCUT2D eigenvalue weighted by atomic mass is 10.1. The second-order valence-corrected chi connectivity index (χ2v) is 7.76. The van der Waals surface area contributed by atoms with Gasteiger partial charge in [0.1, 0.15) is 0 Å². The summed E-state index contributed by atoms with van der Waals surface area (Å²) in [6.07, 6.45) is 10.6. The van der Waals surface area contributed by atoms with Gasteiger partial charge in [-0.25, -0.2) is 0 Å². The first-order chi connectivity index (χ1) is 14.2. The van der Waals surface area contributed by atoms with Crippen LogP contribution in [-0.2, 0) is 13.5 Å². The molecule has 0 saturated carbocycles. The Kier molecular flexibility index (Phi) is 8.01. The van der Waals surface area contributed by atoms with E-state index in [4.69, 9.17) is 0 Å². The molecule has 0 amide bonds. The number of piperidine rings is 1. The van der Waals surface area contributed by atoms with Crippen molar-refractivity contribution in [2.75, 3.05) is 31.6 Å². The van der Waals surface area contributed by atoms with Crippen LogP contribution in [0.4, 0.5) is 5.69 Å². The maximum Gasteiger partial charge on any atom is 0.191 e. The Morgan fingerprint density at radius 1 is 1.33 bits per heavy atom. The molecule has 0 bridgehead atoms. The van der Waals surface area contributed by atoms with Gasteiger partial charge in [-0.3, -0.25) is 9.67 Å². The van der Waals surface area contributed by atoms with Crippen LogP contribution >= 0.6 is 24.0 Å². The molecule has 1 aromatic carbocycles. The zero-order valence-electron chi connectivity index (χ0n) is 17.8. The number of hydrogen-bond donors (Lipinski definition) is 3. The van der Waals surface area contributed by atoms with Gasteiger partial charge in [0.05, 0.1) is 11.9 Å². The highest BCUT2D eigenvalue weighted by Crippen LogP contribution is 2.20. The third-order valence-electron chi connectivity index (χ3n) is 5.63. The van der Waals surface area contributed by atoms with Crippen LogP contribution in [0, 0.1) is 0 Å². The van der Waals surface area contributed by atoms with Gasteiger partial charge in [0.25, 0.3) is 0 Å². The van der Waals surface area contributed by atoms with E-state index in [0.29, 0.717) is 6.04 Å². The van der Waals surface area contributed by atoms with Gasteiger partial charge in [0.15, 0.2) is 5.96 Å². The van der Waals surface area contributed by atoms with Crippen LogP contribution in [0.1, 0.15) is 24.8 Å².